The van der Waals surface area contributed by atoms with E-state index in [1.165, 1.54) is 16.9 Å². The van der Waals surface area contributed by atoms with Crippen LogP contribution in [0, 0.1) is 0 Å². The highest BCUT2D eigenvalue weighted by Crippen LogP contribution is 2.29. The van der Waals surface area contributed by atoms with Gasteiger partial charge >= 0.3 is 6.18 Å². The summed E-state index contributed by atoms with van der Waals surface area (Å²) in [6.07, 6.45) is -1.41. The molecule has 0 unspecified atom stereocenters. The molecule has 6 nitrogen and oxygen atoms in total. The van der Waals surface area contributed by atoms with Crippen LogP contribution < -0.4 is 5.32 Å². The van der Waals surface area contributed by atoms with Crippen LogP contribution in [-0.4, -0.2) is 25.9 Å². The molecule has 2 aromatic heterocycles. The predicted molar refractivity (Wildman–Crippen MR) is 86.0 cm³/mol. The smallest absolute Gasteiger partial charge is 0.345 e. The number of aromatic nitrogens is 4. The minimum absolute atomic E-state index is 0.0739. The summed E-state index contributed by atoms with van der Waals surface area (Å²) in [6.45, 7) is 0.310. The van der Waals surface area contributed by atoms with Gasteiger partial charge in [0.05, 0.1) is 30.5 Å². The summed E-state index contributed by atoms with van der Waals surface area (Å²) in [5.74, 6) is -0.439. The second-order valence-electron chi connectivity index (χ2n) is 5.50. The SMILES string of the molecule is O=C(NCc1ccccn1)c1cn(Cc2cccc(C(F)(F)F)c2)nn1. The van der Waals surface area contributed by atoms with Crippen molar-refractivity contribution in [3.8, 4) is 0 Å². The monoisotopic (exact) mass is 361 g/mol. The number of alkyl halides is 3. The first-order chi connectivity index (χ1) is 12.4. The van der Waals surface area contributed by atoms with Crippen molar-refractivity contribution < 1.29 is 18.0 Å². The van der Waals surface area contributed by atoms with Gasteiger partial charge in [0.25, 0.3) is 5.91 Å². The van der Waals surface area contributed by atoms with Crippen molar-refractivity contribution in [3.05, 3.63) is 77.4 Å². The Balaban J connectivity index is 1.63. The maximum Gasteiger partial charge on any atom is 0.416 e. The van der Waals surface area contributed by atoms with Crippen LogP contribution in [0.1, 0.15) is 27.3 Å². The molecule has 3 aromatic rings. The van der Waals surface area contributed by atoms with E-state index in [0.29, 0.717) is 11.3 Å². The molecule has 1 aromatic carbocycles. The summed E-state index contributed by atoms with van der Waals surface area (Å²) in [5.41, 5.74) is 0.443. The van der Waals surface area contributed by atoms with E-state index in [2.05, 4.69) is 20.6 Å². The van der Waals surface area contributed by atoms with Crippen molar-refractivity contribution in [2.45, 2.75) is 19.3 Å². The summed E-state index contributed by atoms with van der Waals surface area (Å²) >= 11 is 0. The highest BCUT2D eigenvalue weighted by Gasteiger charge is 2.30. The molecule has 134 valence electrons. The number of hydrogen-bond donors (Lipinski definition) is 1. The Labute approximate surface area is 146 Å². The Bertz CT molecular complexity index is 893. The lowest BCUT2D eigenvalue weighted by atomic mass is 10.1. The van der Waals surface area contributed by atoms with E-state index in [4.69, 9.17) is 0 Å². The Hall–Kier alpha value is -3.23. The predicted octanol–water partition coefficient (Wildman–Crippen LogP) is 2.67. The maximum absolute atomic E-state index is 12.7. The molecule has 0 spiro atoms. The number of nitrogens with one attached hydrogen (secondary N) is 1. The lowest BCUT2D eigenvalue weighted by Crippen LogP contribution is -2.23. The van der Waals surface area contributed by atoms with E-state index >= 15 is 0 Å². The molecule has 1 N–H and O–H groups in total. The van der Waals surface area contributed by atoms with Gasteiger partial charge in [-0.05, 0) is 29.8 Å². The second kappa shape index (κ2) is 7.34. The molecule has 2 heterocycles. The average molecular weight is 361 g/mol. The van der Waals surface area contributed by atoms with Crippen LogP contribution in [0.15, 0.2) is 54.9 Å². The molecular weight excluding hydrogens is 347 g/mol. The van der Waals surface area contributed by atoms with Gasteiger partial charge in [0.1, 0.15) is 0 Å². The van der Waals surface area contributed by atoms with E-state index in [-0.39, 0.29) is 18.8 Å². The average Bonchev–Trinajstić information content (AvgIpc) is 3.09. The van der Waals surface area contributed by atoms with Gasteiger partial charge in [-0.25, -0.2) is 4.68 Å². The number of carbonyl (C=O) groups excluding carboxylic acids is 1. The zero-order chi connectivity index (χ0) is 18.6. The van der Waals surface area contributed by atoms with Crippen molar-refractivity contribution >= 4 is 5.91 Å². The number of halogens is 3. The first-order valence-corrected chi connectivity index (χ1v) is 7.66. The molecule has 3 rings (SSSR count). The zero-order valence-corrected chi connectivity index (χ0v) is 13.4. The number of rotatable bonds is 5. The van der Waals surface area contributed by atoms with Gasteiger partial charge in [0.15, 0.2) is 5.69 Å². The second-order valence-corrected chi connectivity index (χ2v) is 5.50. The normalized spacial score (nSPS) is 11.3. The fraction of sp³-hybridized carbons (Fsp3) is 0.176. The summed E-state index contributed by atoms with van der Waals surface area (Å²) in [7, 11) is 0. The third-order valence-electron chi connectivity index (χ3n) is 3.53. The molecule has 9 heteroatoms. The van der Waals surface area contributed by atoms with E-state index in [1.54, 1.807) is 30.5 Å². The minimum atomic E-state index is -4.41. The van der Waals surface area contributed by atoms with Crippen molar-refractivity contribution in [1.29, 1.82) is 0 Å². The number of carbonyl (C=O) groups is 1. The Kier molecular flexibility index (Phi) is 4.97. The maximum atomic E-state index is 12.7. The molecule has 1 amide bonds. The Morgan fingerprint density at radius 3 is 2.73 bits per heavy atom. The van der Waals surface area contributed by atoms with Crippen molar-refractivity contribution in [2.24, 2.45) is 0 Å². The molecule has 0 aliphatic carbocycles. The fourth-order valence-corrected chi connectivity index (χ4v) is 2.28. The highest BCUT2D eigenvalue weighted by molar-refractivity contribution is 5.91. The van der Waals surface area contributed by atoms with Crippen molar-refractivity contribution in [1.82, 2.24) is 25.3 Å². The summed E-state index contributed by atoms with van der Waals surface area (Å²) < 4.78 is 39.6. The van der Waals surface area contributed by atoms with Crippen LogP contribution in [0.5, 0.6) is 0 Å². The van der Waals surface area contributed by atoms with Crippen molar-refractivity contribution in [3.63, 3.8) is 0 Å². The molecule has 0 saturated carbocycles. The number of amides is 1. The van der Waals surface area contributed by atoms with Crippen LogP contribution in [0.4, 0.5) is 13.2 Å². The van der Waals surface area contributed by atoms with Gasteiger partial charge in [0.2, 0.25) is 0 Å². The van der Waals surface area contributed by atoms with Gasteiger partial charge in [0, 0.05) is 6.20 Å². The number of hydrogen-bond acceptors (Lipinski definition) is 4. The standard InChI is InChI=1S/C17H14F3N5O/c18-17(19,20)13-5-3-4-12(8-13)10-25-11-15(23-24-25)16(26)22-9-14-6-1-2-7-21-14/h1-8,11H,9-10H2,(H,22,26). The van der Waals surface area contributed by atoms with Gasteiger partial charge in [-0.1, -0.05) is 23.4 Å². The summed E-state index contributed by atoms with van der Waals surface area (Å²) in [4.78, 5) is 16.2. The van der Waals surface area contributed by atoms with E-state index in [9.17, 15) is 18.0 Å². The van der Waals surface area contributed by atoms with Gasteiger partial charge < -0.3 is 5.32 Å². The third kappa shape index (κ3) is 4.44. The van der Waals surface area contributed by atoms with E-state index in [1.807, 2.05) is 0 Å². The van der Waals surface area contributed by atoms with Gasteiger partial charge in [-0.2, -0.15) is 13.2 Å². The number of pyridine rings is 1. The third-order valence-corrected chi connectivity index (χ3v) is 3.53. The first kappa shape index (κ1) is 17.6. The fourth-order valence-electron chi connectivity index (χ4n) is 2.28. The van der Waals surface area contributed by atoms with Crippen LogP contribution in [0.3, 0.4) is 0 Å². The number of nitrogens with zero attached hydrogens (tertiary/aromatic N) is 4. The highest BCUT2D eigenvalue weighted by atomic mass is 19.4. The minimum Gasteiger partial charge on any atom is -0.345 e. The van der Waals surface area contributed by atoms with Gasteiger partial charge in [-0.3, -0.25) is 9.78 Å². The molecule has 26 heavy (non-hydrogen) atoms. The van der Waals surface area contributed by atoms with E-state index in [0.717, 1.165) is 12.1 Å². The van der Waals surface area contributed by atoms with Crippen LogP contribution in [0.25, 0.3) is 0 Å². The van der Waals surface area contributed by atoms with Crippen LogP contribution in [0.2, 0.25) is 0 Å². The molecule has 0 saturated heterocycles. The first-order valence-electron chi connectivity index (χ1n) is 7.66. The van der Waals surface area contributed by atoms with Crippen molar-refractivity contribution in [2.75, 3.05) is 0 Å². The quantitative estimate of drug-likeness (QED) is 0.758. The van der Waals surface area contributed by atoms with Crippen LogP contribution >= 0.6 is 0 Å². The van der Waals surface area contributed by atoms with Gasteiger partial charge in [-0.15, -0.1) is 5.10 Å². The molecule has 0 fully saturated rings. The zero-order valence-electron chi connectivity index (χ0n) is 13.4. The topological polar surface area (TPSA) is 72.7 Å². The molecular formula is C17H14F3N5O. The van der Waals surface area contributed by atoms with Crippen LogP contribution in [-0.2, 0) is 19.3 Å². The molecule has 0 radical (unpaired) electrons. The molecule has 0 bridgehead atoms. The molecule has 0 aliphatic rings. The largest absolute Gasteiger partial charge is 0.416 e. The van der Waals surface area contributed by atoms with E-state index < -0.39 is 17.6 Å². The molecule has 0 aliphatic heterocycles. The number of benzene rings is 1. The summed E-state index contributed by atoms with van der Waals surface area (Å²) in [5, 5.41) is 10.2. The lowest BCUT2D eigenvalue weighted by Gasteiger charge is -2.08. The molecule has 0 atom stereocenters. The summed E-state index contributed by atoms with van der Waals surface area (Å²) in [6, 6.07) is 10.3. The Morgan fingerprint density at radius 2 is 2.00 bits per heavy atom. The lowest BCUT2D eigenvalue weighted by molar-refractivity contribution is -0.137. The Morgan fingerprint density at radius 1 is 1.15 bits per heavy atom.